The van der Waals surface area contributed by atoms with Crippen molar-refractivity contribution in [1.29, 1.82) is 0 Å². The van der Waals surface area contributed by atoms with Gasteiger partial charge in [-0.2, -0.15) is 0 Å². The third kappa shape index (κ3) is 4.09. The maximum atomic E-state index is 11.4. The Morgan fingerprint density at radius 3 is 2.79 bits per heavy atom. The fraction of sp³-hybridized carbons (Fsp3) is 0.909. The van der Waals surface area contributed by atoms with Crippen molar-refractivity contribution >= 4 is 5.91 Å². The van der Waals surface area contributed by atoms with Gasteiger partial charge >= 0.3 is 0 Å². The SMILES string of the molecule is CC1CCC(NC(=O)CCCCO)C1. The second-order valence-corrected chi connectivity index (χ2v) is 4.36. The van der Waals surface area contributed by atoms with Gasteiger partial charge in [-0.05, 0) is 38.0 Å². The molecule has 0 bridgehead atoms. The molecule has 1 amide bonds. The smallest absolute Gasteiger partial charge is 0.220 e. The molecule has 0 spiro atoms. The molecule has 1 aliphatic carbocycles. The average Bonchev–Trinajstić information content (AvgIpc) is 2.52. The molecular weight excluding hydrogens is 178 g/mol. The Balaban J connectivity index is 2.08. The van der Waals surface area contributed by atoms with Crippen LogP contribution < -0.4 is 5.32 Å². The van der Waals surface area contributed by atoms with Crippen LogP contribution in [-0.2, 0) is 4.79 Å². The Bertz CT molecular complexity index is 182. The molecule has 1 rings (SSSR count). The van der Waals surface area contributed by atoms with E-state index in [9.17, 15) is 4.79 Å². The molecule has 0 heterocycles. The second-order valence-electron chi connectivity index (χ2n) is 4.36. The van der Waals surface area contributed by atoms with Crippen LogP contribution in [0.25, 0.3) is 0 Å². The molecule has 0 aromatic carbocycles. The zero-order valence-corrected chi connectivity index (χ0v) is 8.96. The number of hydrogen-bond donors (Lipinski definition) is 2. The number of unbranched alkanes of at least 4 members (excludes halogenated alkanes) is 1. The summed E-state index contributed by atoms with van der Waals surface area (Å²) in [7, 11) is 0. The number of rotatable bonds is 5. The molecule has 1 aliphatic rings. The minimum absolute atomic E-state index is 0.151. The zero-order valence-electron chi connectivity index (χ0n) is 8.96. The van der Waals surface area contributed by atoms with Gasteiger partial charge in [0.1, 0.15) is 0 Å². The summed E-state index contributed by atoms with van der Waals surface area (Å²) in [5.74, 6) is 0.912. The molecule has 1 saturated carbocycles. The molecule has 1 fully saturated rings. The number of carbonyl (C=O) groups is 1. The highest BCUT2D eigenvalue weighted by molar-refractivity contribution is 5.76. The van der Waals surface area contributed by atoms with Crippen LogP contribution >= 0.6 is 0 Å². The van der Waals surface area contributed by atoms with Crippen LogP contribution in [0.1, 0.15) is 45.4 Å². The van der Waals surface area contributed by atoms with Crippen molar-refractivity contribution in [2.45, 2.75) is 51.5 Å². The molecular formula is C11H21NO2. The van der Waals surface area contributed by atoms with Gasteiger partial charge in [0.25, 0.3) is 0 Å². The van der Waals surface area contributed by atoms with Gasteiger partial charge in [0, 0.05) is 19.1 Å². The molecule has 0 saturated heterocycles. The van der Waals surface area contributed by atoms with Gasteiger partial charge in [-0.1, -0.05) is 6.92 Å². The van der Waals surface area contributed by atoms with Crippen molar-refractivity contribution in [3.05, 3.63) is 0 Å². The van der Waals surface area contributed by atoms with Crippen molar-refractivity contribution in [2.24, 2.45) is 5.92 Å². The van der Waals surface area contributed by atoms with E-state index in [1.807, 2.05) is 0 Å². The van der Waals surface area contributed by atoms with E-state index in [0.29, 0.717) is 12.5 Å². The van der Waals surface area contributed by atoms with Crippen molar-refractivity contribution in [1.82, 2.24) is 5.32 Å². The number of aliphatic hydroxyl groups is 1. The summed E-state index contributed by atoms with van der Waals surface area (Å²) < 4.78 is 0. The van der Waals surface area contributed by atoms with Crippen LogP contribution in [0, 0.1) is 5.92 Å². The van der Waals surface area contributed by atoms with Crippen molar-refractivity contribution < 1.29 is 9.90 Å². The second kappa shape index (κ2) is 6.02. The van der Waals surface area contributed by atoms with Crippen molar-refractivity contribution in [3.8, 4) is 0 Å². The summed E-state index contributed by atoms with van der Waals surface area (Å²) in [5.41, 5.74) is 0. The van der Waals surface area contributed by atoms with E-state index in [0.717, 1.165) is 31.6 Å². The van der Waals surface area contributed by atoms with Gasteiger partial charge < -0.3 is 10.4 Å². The molecule has 2 atom stereocenters. The zero-order chi connectivity index (χ0) is 10.4. The number of nitrogens with one attached hydrogen (secondary N) is 1. The minimum Gasteiger partial charge on any atom is -0.396 e. The third-order valence-electron chi connectivity index (χ3n) is 2.87. The van der Waals surface area contributed by atoms with E-state index in [4.69, 9.17) is 5.11 Å². The lowest BCUT2D eigenvalue weighted by molar-refractivity contribution is -0.121. The highest BCUT2D eigenvalue weighted by Gasteiger charge is 2.22. The molecule has 82 valence electrons. The first-order valence-corrected chi connectivity index (χ1v) is 5.62. The monoisotopic (exact) mass is 199 g/mol. The molecule has 0 aromatic heterocycles. The molecule has 0 radical (unpaired) electrons. The molecule has 0 aliphatic heterocycles. The molecule has 14 heavy (non-hydrogen) atoms. The standard InChI is InChI=1S/C11H21NO2/c1-9-5-6-10(8-9)12-11(14)4-2-3-7-13/h9-10,13H,2-8H2,1H3,(H,12,14). The Hall–Kier alpha value is -0.570. The predicted molar refractivity (Wildman–Crippen MR) is 55.9 cm³/mol. The summed E-state index contributed by atoms with van der Waals surface area (Å²) >= 11 is 0. The van der Waals surface area contributed by atoms with Crippen LogP contribution in [-0.4, -0.2) is 23.7 Å². The van der Waals surface area contributed by atoms with E-state index in [1.165, 1.54) is 6.42 Å². The van der Waals surface area contributed by atoms with Crippen LogP contribution in [0.15, 0.2) is 0 Å². The average molecular weight is 199 g/mol. The molecule has 2 unspecified atom stereocenters. The lowest BCUT2D eigenvalue weighted by Gasteiger charge is -2.11. The van der Waals surface area contributed by atoms with Gasteiger partial charge in [-0.15, -0.1) is 0 Å². The Morgan fingerprint density at radius 2 is 2.21 bits per heavy atom. The summed E-state index contributed by atoms with van der Waals surface area (Å²) in [6.45, 7) is 2.42. The first kappa shape index (κ1) is 11.5. The normalized spacial score (nSPS) is 26.4. The van der Waals surface area contributed by atoms with E-state index in [2.05, 4.69) is 12.2 Å². The Labute approximate surface area is 85.9 Å². The van der Waals surface area contributed by atoms with Gasteiger partial charge in [0.15, 0.2) is 0 Å². The summed E-state index contributed by atoms with van der Waals surface area (Å²) in [5, 5.41) is 11.6. The third-order valence-corrected chi connectivity index (χ3v) is 2.87. The number of carbonyl (C=O) groups excluding carboxylic acids is 1. The van der Waals surface area contributed by atoms with Gasteiger partial charge in [0.05, 0.1) is 0 Å². The molecule has 2 N–H and O–H groups in total. The largest absolute Gasteiger partial charge is 0.396 e. The number of aliphatic hydroxyl groups excluding tert-OH is 1. The van der Waals surface area contributed by atoms with Crippen LogP contribution in [0.3, 0.4) is 0 Å². The van der Waals surface area contributed by atoms with Crippen LogP contribution in [0.2, 0.25) is 0 Å². The number of amides is 1. The minimum atomic E-state index is 0.151. The highest BCUT2D eigenvalue weighted by Crippen LogP contribution is 2.24. The summed E-state index contributed by atoms with van der Waals surface area (Å²) in [6.07, 6.45) is 5.59. The quantitative estimate of drug-likeness (QED) is 0.658. The fourth-order valence-corrected chi connectivity index (χ4v) is 2.04. The lowest BCUT2D eigenvalue weighted by atomic mass is 10.1. The van der Waals surface area contributed by atoms with Crippen molar-refractivity contribution in [2.75, 3.05) is 6.61 Å². The van der Waals surface area contributed by atoms with Crippen LogP contribution in [0.5, 0.6) is 0 Å². The number of hydrogen-bond acceptors (Lipinski definition) is 2. The first-order chi connectivity index (χ1) is 6.72. The topological polar surface area (TPSA) is 49.3 Å². The predicted octanol–water partition coefficient (Wildman–Crippen LogP) is 1.45. The highest BCUT2D eigenvalue weighted by atomic mass is 16.2. The molecule has 0 aromatic rings. The van der Waals surface area contributed by atoms with Crippen molar-refractivity contribution in [3.63, 3.8) is 0 Å². The Morgan fingerprint density at radius 1 is 1.43 bits per heavy atom. The van der Waals surface area contributed by atoms with Crippen LogP contribution in [0.4, 0.5) is 0 Å². The fourth-order valence-electron chi connectivity index (χ4n) is 2.04. The van der Waals surface area contributed by atoms with E-state index in [-0.39, 0.29) is 12.5 Å². The van der Waals surface area contributed by atoms with E-state index >= 15 is 0 Å². The summed E-state index contributed by atoms with van der Waals surface area (Å²) in [4.78, 5) is 11.4. The molecule has 3 heteroatoms. The van der Waals surface area contributed by atoms with Gasteiger partial charge in [-0.3, -0.25) is 4.79 Å². The maximum absolute atomic E-state index is 11.4. The van der Waals surface area contributed by atoms with E-state index in [1.54, 1.807) is 0 Å². The van der Waals surface area contributed by atoms with Gasteiger partial charge in [0.2, 0.25) is 5.91 Å². The Kier molecular flexibility index (Phi) is 4.94. The van der Waals surface area contributed by atoms with E-state index < -0.39 is 0 Å². The lowest BCUT2D eigenvalue weighted by Crippen LogP contribution is -2.32. The van der Waals surface area contributed by atoms with Gasteiger partial charge in [-0.25, -0.2) is 0 Å². The maximum Gasteiger partial charge on any atom is 0.220 e. The first-order valence-electron chi connectivity index (χ1n) is 5.62. The summed E-state index contributed by atoms with van der Waals surface area (Å²) in [6, 6.07) is 0.409. The molecule has 3 nitrogen and oxygen atoms in total.